The van der Waals surface area contributed by atoms with Crippen LogP contribution < -0.4 is 0 Å². The number of carbonyl (C=O) groups excluding carboxylic acids is 2. The minimum absolute atomic E-state index is 0.127. The fraction of sp³-hybridized carbons (Fsp3) is 0.867. The van der Waals surface area contributed by atoms with Crippen molar-refractivity contribution in [3.05, 3.63) is 0 Å². The van der Waals surface area contributed by atoms with Gasteiger partial charge in [-0.3, -0.25) is 9.59 Å². The molecule has 0 heterocycles. The summed E-state index contributed by atoms with van der Waals surface area (Å²) in [7, 11) is 0. The summed E-state index contributed by atoms with van der Waals surface area (Å²) >= 11 is 0. The van der Waals surface area contributed by atoms with Crippen molar-refractivity contribution < 1.29 is 19.8 Å². The van der Waals surface area contributed by atoms with Crippen LogP contribution >= 0.6 is 0 Å². The summed E-state index contributed by atoms with van der Waals surface area (Å²) in [5, 5.41) is 16.9. The summed E-state index contributed by atoms with van der Waals surface area (Å²) in [5.74, 6) is 1.12. The highest BCUT2D eigenvalue weighted by molar-refractivity contribution is 5.77. The lowest BCUT2D eigenvalue weighted by Crippen LogP contribution is -2.18. The molecule has 0 aromatic rings. The molecule has 2 N–H and O–H groups in total. The molecule has 0 aliphatic rings. The van der Waals surface area contributed by atoms with Gasteiger partial charge in [-0.05, 0) is 19.8 Å². The lowest BCUT2D eigenvalue weighted by atomic mass is 10.1. The van der Waals surface area contributed by atoms with E-state index in [1.165, 1.54) is 0 Å². The smallest absolute Gasteiger partial charge is 0.132 e. The molecule has 0 aliphatic heterocycles. The molecular formula is C15H32O4. The second-order valence-corrected chi connectivity index (χ2v) is 5.52. The van der Waals surface area contributed by atoms with Crippen LogP contribution in [0.1, 0.15) is 55.4 Å². The van der Waals surface area contributed by atoms with E-state index in [1.807, 2.05) is 41.5 Å². The van der Waals surface area contributed by atoms with Crippen molar-refractivity contribution in [3.8, 4) is 0 Å². The van der Waals surface area contributed by atoms with Crippen molar-refractivity contribution in [3.63, 3.8) is 0 Å². The highest BCUT2D eigenvalue weighted by Gasteiger charge is 2.04. The number of aliphatic hydroxyl groups is 2. The Labute approximate surface area is 118 Å². The topological polar surface area (TPSA) is 74.6 Å². The monoisotopic (exact) mass is 276 g/mol. The minimum atomic E-state index is -0.542. The summed E-state index contributed by atoms with van der Waals surface area (Å²) in [6, 6.07) is 0. The first-order valence-electron chi connectivity index (χ1n) is 6.77. The number of rotatable bonds is 4. The minimum Gasteiger partial charge on any atom is -0.394 e. The van der Waals surface area contributed by atoms with Gasteiger partial charge in [-0.2, -0.15) is 0 Å². The van der Waals surface area contributed by atoms with Crippen molar-refractivity contribution >= 4 is 11.6 Å². The van der Waals surface area contributed by atoms with Crippen LogP contribution in [0.5, 0.6) is 0 Å². The zero-order valence-corrected chi connectivity index (χ0v) is 13.7. The van der Waals surface area contributed by atoms with Gasteiger partial charge in [0.15, 0.2) is 0 Å². The number of carbonyl (C=O) groups is 2. The Morgan fingerprint density at radius 1 is 0.842 bits per heavy atom. The third-order valence-electron chi connectivity index (χ3n) is 2.58. The van der Waals surface area contributed by atoms with E-state index in [1.54, 1.807) is 13.8 Å². The lowest BCUT2D eigenvalue weighted by Gasteiger charge is -2.08. The van der Waals surface area contributed by atoms with Crippen LogP contribution in [0, 0.1) is 17.8 Å². The van der Waals surface area contributed by atoms with Crippen LogP contribution in [0.15, 0.2) is 0 Å². The molecule has 0 amide bonds. The SMILES string of the molecule is CC(=O)C(C)C.CC(=O)C(C)C.CC(C)C(O)CO. The van der Waals surface area contributed by atoms with Crippen LogP contribution in [-0.4, -0.2) is 34.5 Å². The van der Waals surface area contributed by atoms with Gasteiger partial charge >= 0.3 is 0 Å². The van der Waals surface area contributed by atoms with Crippen molar-refractivity contribution in [2.45, 2.75) is 61.5 Å². The molecule has 0 spiro atoms. The normalized spacial score (nSPS) is 11.4. The quantitative estimate of drug-likeness (QED) is 0.827. The van der Waals surface area contributed by atoms with Crippen molar-refractivity contribution in [2.75, 3.05) is 6.61 Å². The van der Waals surface area contributed by atoms with Crippen LogP contribution in [0.2, 0.25) is 0 Å². The van der Waals surface area contributed by atoms with E-state index in [-0.39, 0.29) is 35.9 Å². The van der Waals surface area contributed by atoms with E-state index >= 15 is 0 Å². The maximum absolute atomic E-state index is 10.1. The highest BCUT2D eigenvalue weighted by Crippen LogP contribution is 1.97. The van der Waals surface area contributed by atoms with Gasteiger partial charge in [0.2, 0.25) is 0 Å². The number of ketones is 2. The van der Waals surface area contributed by atoms with Crippen molar-refractivity contribution in [2.24, 2.45) is 17.8 Å². The highest BCUT2D eigenvalue weighted by atomic mass is 16.3. The molecule has 0 aromatic heterocycles. The van der Waals surface area contributed by atoms with E-state index in [4.69, 9.17) is 10.2 Å². The molecule has 0 aromatic carbocycles. The van der Waals surface area contributed by atoms with Gasteiger partial charge in [0, 0.05) is 11.8 Å². The van der Waals surface area contributed by atoms with Crippen molar-refractivity contribution in [1.82, 2.24) is 0 Å². The van der Waals surface area contributed by atoms with Gasteiger partial charge in [-0.15, -0.1) is 0 Å². The number of Topliss-reactive ketones (excluding diaryl/α,β-unsaturated/α-hetero) is 2. The summed E-state index contributed by atoms with van der Waals surface area (Å²) in [4.78, 5) is 20.3. The second kappa shape index (κ2) is 13.7. The summed E-state index contributed by atoms with van der Waals surface area (Å²) in [5.41, 5.74) is 0. The molecule has 4 heteroatoms. The molecule has 0 aliphatic carbocycles. The van der Waals surface area contributed by atoms with Gasteiger partial charge in [-0.1, -0.05) is 41.5 Å². The molecule has 0 fully saturated rings. The fourth-order valence-corrected chi connectivity index (χ4v) is 0.211. The first kappa shape index (κ1) is 23.4. The molecule has 19 heavy (non-hydrogen) atoms. The Morgan fingerprint density at radius 3 is 1.05 bits per heavy atom. The molecule has 0 saturated heterocycles. The Balaban J connectivity index is -0.000000203. The van der Waals surface area contributed by atoms with Gasteiger partial charge < -0.3 is 10.2 Å². The van der Waals surface area contributed by atoms with Gasteiger partial charge in [0.1, 0.15) is 11.6 Å². The predicted molar refractivity (Wildman–Crippen MR) is 79.0 cm³/mol. The van der Waals surface area contributed by atoms with Crippen LogP contribution in [0.4, 0.5) is 0 Å². The van der Waals surface area contributed by atoms with Crippen molar-refractivity contribution in [1.29, 1.82) is 0 Å². The Hall–Kier alpha value is -0.740. The first-order chi connectivity index (χ1) is 8.47. The van der Waals surface area contributed by atoms with Gasteiger partial charge in [0.05, 0.1) is 12.7 Å². The average molecular weight is 276 g/mol. The van der Waals surface area contributed by atoms with E-state index in [9.17, 15) is 9.59 Å². The average Bonchev–Trinajstić information content (AvgIpc) is 2.29. The van der Waals surface area contributed by atoms with Gasteiger partial charge in [-0.25, -0.2) is 0 Å². The van der Waals surface area contributed by atoms with Gasteiger partial charge in [0.25, 0.3) is 0 Å². The fourth-order valence-electron chi connectivity index (χ4n) is 0.211. The number of aliphatic hydroxyl groups excluding tert-OH is 2. The zero-order chi connectivity index (χ0) is 16.2. The molecule has 0 radical (unpaired) electrons. The van der Waals surface area contributed by atoms with E-state index < -0.39 is 6.10 Å². The molecule has 0 saturated carbocycles. The van der Waals surface area contributed by atoms with E-state index in [0.717, 1.165) is 0 Å². The largest absolute Gasteiger partial charge is 0.394 e. The van der Waals surface area contributed by atoms with Crippen LogP contribution in [-0.2, 0) is 9.59 Å². The van der Waals surface area contributed by atoms with E-state index in [2.05, 4.69) is 0 Å². The zero-order valence-electron chi connectivity index (χ0n) is 13.7. The Morgan fingerprint density at radius 2 is 1.05 bits per heavy atom. The number of hydrogen-bond acceptors (Lipinski definition) is 4. The molecule has 0 bridgehead atoms. The first-order valence-corrected chi connectivity index (χ1v) is 6.77. The third-order valence-corrected chi connectivity index (χ3v) is 2.58. The predicted octanol–water partition coefficient (Wildman–Crippen LogP) is 2.46. The summed E-state index contributed by atoms with van der Waals surface area (Å²) in [6.45, 7) is 14.4. The Bertz CT molecular complexity index is 214. The maximum atomic E-state index is 10.1. The molecule has 1 atom stereocenters. The van der Waals surface area contributed by atoms with Crippen LogP contribution in [0.3, 0.4) is 0 Å². The second-order valence-electron chi connectivity index (χ2n) is 5.52. The maximum Gasteiger partial charge on any atom is 0.132 e. The molecule has 0 rings (SSSR count). The molecule has 4 nitrogen and oxygen atoms in total. The van der Waals surface area contributed by atoms with Crippen LogP contribution in [0.25, 0.3) is 0 Å². The van der Waals surface area contributed by atoms with E-state index in [0.29, 0.717) is 0 Å². The summed E-state index contributed by atoms with van der Waals surface area (Å²) in [6.07, 6.45) is -0.542. The Kier molecular flexibility index (Phi) is 16.8. The third kappa shape index (κ3) is 22.9. The summed E-state index contributed by atoms with van der Waals surface area (Å²) < 4.78 is 0. The standard InChI is InChI=1S/C5H12O2.2C5H10O/c1-4(2)5(7)3-6;2*1-4(2)5(3)6/h4-7H,3H2,1-2H3;2*4H,1-3H3. The number of hydrogen-bond donors (Lipinski definition) is 2. The molecular weight excluding hydrogens is 244 g/mol. The molecule has 116 valence electrons. The molecule has 1 unspecified atom stereocenters. The lowest BCUT2D eigenvalue weighted by molar-refractivity contribution is -0.120.